The monoisotopic (exact) mass is 505 g/mol. The second-order valence-corrected chi connectivity index (χ2v) is 10.4. The predicted octanol–water partition coefficient (Wildman–Crippen LogP) is 5.38. The van der Waals surface area contributed by atoms with Crippen LogP contribution in [0.5, 0.6) is 0 Å². The number of nitrogens with one attached hydrogen (secondary N) is 1. The Balaban J connectivity index is 0.979. The molecule has 0 atom stereocenters. The number of rotatable bonds is 7. The minimum absolute atomic E-state index is 0.0981. The van der Waals surface area contributed by atoms with Crippen molar-refractivity contribution in [1.29, 1.82) is 0 Å². The number of carbonyl (C=O) groups is 1. The first kappa shape index (κ1) is 24.8. The van der Waals surface area contributed by atoms with E-state index < -0.39 is 0 Å². The Morgan fingerprint density at radius 3 is 2.50 bits per heavy atom. The van der Waals surface area contributed by atoms with Gasteiger partial charge in [-0.05, 0) is 68.0 Å². The van der Waals surface area contributed by atoms with Gasteiger partial charge in [0.05, 0.1) is 5.52 Å². The highest BCUT2D eigenvalue weighted by molar-refractivity contribution is 6.31. The van der Waals surface area contributed by atoms with E-state index in [-0.39, 0.29) is 6.03 Å². The number of piperazine rings is 1. The van der Waals surface area contributed by atoms with Gasteiger partial charge >= 0.3 is 6.03 Å². The van der Waals surface area contributed by atoms with Gasteiger partial charge in [0.2, 0.25) is 0 Å². The number of halogens is 1. The summed E-state index contributed by atoms with van der Waals surface area (Å²) < 4.78 is 0. The largest absolute Gasteiger partial charge is 0.368 e. The summed E-state index contributed by atoms with van der Waals surface area (Å²) in [7, 11) is 0. The molecule has 2 aliphatic rings. The molecule has 2 saturated heterocycles. The molecular formula is C29H36ClN5O. The molecule has 2 aliphatic heterocycles. The fourth-order valence-corrected chi connectivity index (χ4v) is 5.67. The number of unbranched alkanes of at least 4 members (excludes halogenated alkanes) is 1. The molecular weight excluding hydrogens is 470 g/mol. The molecule has 5 rings (SSSR count). The van der Waals surface area contributed by atoms with Crippen LogP contribution in [0.2, 0.25) is 5.02 Å². The summed E-state index contributed by atoms with van der Waals surface area (Å²) in [5, 5.41) is 5.02. The number of urea groups is 1. The van der Waals surface area contributed by atoms with Crippen LogP contribution in [-0.4, -0.2) is 73.2 Å². The first-order valence-corrected chi connectivity index (χ1v) is 13.6. The molecule has 36 heavy (non-hydrogen) atoms. The summed E-state index contributed by atoms with van der Waals surface area (Å²) in [4.78, 5) is 24.0. The number of benzene rings is 2. The van der Waals surface area contributed by atoms with Gasteiger partial charge in [-0.1, -0.05) is 41.9 Å². The van der Waals surface area contributed by atoms with Gasteiger partial charge in [-0.25, -0.2) is 4.79 Å². The summed E-state index contributed by atoms with van der Waals surface area (Å²) >= 11 is 6.14. The lowest BCUT2D eigenvalue weighted by Gasteiger charge is -2.36. The van der Waals surface area contributed by atoms with Crippen molar-refractivity contribution >= 4 is 34.2 Å². The minimum atomic E-state index is 0.0981. The number of hydrogen-bond acceptors (Lipinski definition) is 4. The summed E-state index contributed by atoms with van der Waals surface area (Å²) in [5.41, 5.74) is 3.59. The maximum absolute atomic E-state index is 12.6. The molecule has 0 radical (unpaired) electrons. The summed E-state index contributed by atoms with van der Waals surface area (Å²) in [5.74, 6) is 0.575. The van der Waals surface area contributed by atoms with Crippen molar-refractivity contribution in [3.05, 3.63) is 71.4 Å². The summed E-state index contributed by atoms with van der Waals surface area (Å²) in [6.07, 6.45) is 6.09. The first-order valence-electron chi connectivity index (χ1n) is 13.3. The Labute approximate surface area is 219 Å². The fourth-order valence-electron chi connectivity index (χ4n) is 5.50. The topological polar surface area (TPSA) is 51.7 Å². The zero-order valence-corrected chi connectivity index (χ0v) is 21.7. The molecule has 0 aliphatic carbocycles. The van der Waals surface area contributed by atoms with Crippen LogP contribution < -0.4 is 10.2 Å². The molecule has 3 aromatic rings. The third-order valence-electron chi connectivity index (χ3n) is 7.63. The molecule has 1 N–H and O–H groups in total. The quantitative estimate of drug-likeness (QED) is 0.438. The maximum Gasteiger partial charge on any atom is 0.317 e. The van der Waals surface area contributed by atoms with Crippen molar-refractivity contribution < 1.29 is 4.79 Å². The van der Waals surface area contributed by atoms with Crippen LogP contribution in [-0.2, 0) is 0 Å². The van der Waals surface area contributed by atoms with Gasteiger partial charge in [-0.2, -0.15) is 0 Å². The van der Waals surface area contributed by atoms with E-state index in [2.05, 4.69) is 62.6 Å². The van der Waals surface area contributed by atoms with E-state index in [4.69, 9.17) is 11.6 Å². The Bertz CT molecular complexity index is 1140. The van der Waals surface area contributed by atoms with Gasteiger partial charge in [0, 0.05) is 68.1 Å². The third kappa shape index (κ3) is 6.11. The van der Waals surface area contributed by atoms with Gasteiger partial charge in [0.1, 0.15) is 0 Å². The van der Waals surface area contributed by atoms with Gasteiger partial charge in [-0.15, -0.1) is 0 Å². The number of likely N-dealkylation sites (tertiary alicyclic amines) is 1. The van der Waals surface area contributed by atoms with Gasteiger partial charge in [0.25, 0.3) is 0 Å². The van der Waals surface area contributed by atoms with Gasteiger partial charge in [-0.3, -0.25) is 9.88 Å². The lowest BCUT2D eigenvalue weighted by atomic mass is 9.90. The van der Waals surface area contributed by atoms with Gasteiger partial charge < -0.3 is 15.1 Å². The number of hydrogen-bond donors (Lipinski definition) is 1. The molecule has 2 amide bonds. The predicted molar refractivity (Wildman–Crippen MR) is 148 cm³/mol. The second-order valence-electron chi connectivity index (χ2n) is 9.93. The number of carbonyl (C=O) groups excluding carboxylic acids is 1. The highest BCUT2D eigenvalue weighted by Gasteiger charge is 2.23. The highest BCUT2D eigenvalue weighted by atomic mass is 35.5. The van der Waals surface area contributed by atoms with Crippen molar-refractivity contribution in [2.24, 2.45) is 0 Å². The minimum Gasteiger partial charge on any atom is -0.368 e. The smallest absolute Gasteiger partial charge is 0.317 e. The fraction of sp³-hybridized carbons (Fsp3) is 0.448. The van der Waals surface area contributed by atoms with Crippen LogP contribution in [0.4, 0.5) is 10.5 Å². The Hall–Kier alpha value is -2.83. The average Bonchev–Trinajstić information content (AvgIpc) is 2.93. The van der Waals surface area contributed by atoms with Crippen molar-refractivity contribution in [2.75, 3.05) is 57.3 Å². The van der Waals surface area contributed by atoms with E-state index in [1.807, 2.05) is 23.2 Å². The molecule has 0 bridgehead atoms. The number of amides is 2. The molecule has 6 nitrogen and oxygen atoms in total. The molecule has 3 heterocycles. The van der Waals surface area contributed by atoms with Crippen molar-refractivity contribution in [1.82, 2.24) is 20.1 Å². The maximum atomic E-state index is 12.6. The van der Waals surface area contributed by atoms with Crippen LogP contribution >= 0.6 is 11.6 Å². The summed E-state index contributed by atoms with van der Waals surface area (Å²) in [6.45, 7) is 7.65. The average molecular weight is 506 g/mol. The number of piperidine rings is 1. The number of anilines is 1. The van der Waals surface area contributed by atoms with Crippen LogP contribution in [0.15, 0.2) is 60.8 Å². The standard InChI is InChI=1S/C29H36ClN5O/c30-25-8-9-26-27(22-25)31-14-10-28(26)34-20-18-33(19-21-34)15-5-4-13-32-29(36)35-16-11-24(12-17-35)23-6-2-1-3-7-23/h1-3,6-10,14,22,24H,4-5,11-13,15-21H2,(H,32,36). The molecule has 0 saturated carbocycles. The number of pyridine rings is 1. The SMILES string of the molecule is O=C(NCCCCN1CCN(c2ccnc3cc(Cl)ccc23)CC1)N1CCC(c2ccccc2)CC1. The summed E-state index contributed by atoms with van der Waals surface area (Å²) in [6, 6.07) is 18.8. The number of fused-ring (bicyclic) bond motifs is 1. The Morgan fingerprint density at radius 1 is 0.944 bits per heavy atom. The molecule has 2 fully saturated rings. The molecule has 1 aromatic heterocycles. The highest BCUT2D eigenvalue weighted by Crippen LogP contribution is 2.29. The van der Waals surface area contributed by atoms with E-state index in [0.717, 1.165) is 94.0 Å². The molecule has 190 valence electrons. The van der Waals surface area contributed by atoms with Crippen molar-refractivity contribution in [3.8, 4) is 0 Å². The van der Waals surface area contributed by atoms with Crippen LogP contribution in [0.3, 0.4) is 0 Å². The normalized spacial score (nSPS) is 17.5. The first-order chi connectivity index (χ1) is 17.7. The van der Waals surface area contributed by atoms with Crippen LogP contribution in [0.25, 0.3) is 10.9 Å². The van der Waals surface area contributed by atoms with E-state index in [1.165, 1.54) is 11.3 Å². The van der Waals surface area contributed by atoms with Crippen LogP contribution in [0.1, 0.15) is 37.2 Å². The zero-order chi connectivity index (χ0) is 24.7. The van der Waals surface area contributed by atoms with E-state index in [0.29, 0.717) is 5.92 Å². The number of aromatic nitrogens is 1. The molecule has 0 unspecified atom stereocenters. The number of nitrogens with zero attached hydrogens (tertiary/aromatic N) is 4. The molecule has 2 aromatic carbocycles. The Morgan fingerprint density at radius 2 is 1.72 bits per heavy atom. The van der Waals surface area contributed by atoms with Crippen molar-refractivity contribution in [3.63, 3.8) is 0 Å². The molecule has 7 heteroatoms. The van der Waals surface area contributed by atoms with E-state index in [1.54, 1.807) is 0 Å². The molecule has 0 spiro atoms. The van der Waals surface area contributed by atoms with Crippen molar-refractivity contribution in [2.45, 2.75) is 31.6 Å². The third-order valence-corrected chi connectivity index (χ3v) is 7.86. The van der Waals surface area contributed by atoms with Gasteiger partial charge in [0.15, 0.2) is 0 Å². The zero-order valence-electron chi connectivity index (χ0n) is 20.9. The Kier molecular flexibility index (Phi) is 8.24. The lowest BCUT2D eigenvalue weighted by molar-refractivity contribution is 0.181. The van der Waals surface area contributed by atoms with Crippen LogP contribution in [0, 0.1) is 0 Å². The lowest BCUT2D eigenvalue weighted by Crippen LogP contribution is -2.47. The second kappa shape index (κ2) is 11.9. The van der Waals surface area contributed by atoms with E-state index in [9.17, 15) is 4.79 Å². The van der Waals surface area contributed by atoms with E-state index >= 15 is 0 Å².